The third-order valence-corrected chi connectivity index (χ3v) is 2.96. The van der Waals surface area contributed by atoms with Gasteiger partial charge in [0.15, 0.2) is 0 Å². The topological polar surface area (TPSA) is 82.7 Å². The van der Waals surface area contributed by atoms with Crippen LogP contribution < -0.4 is 10.6 Å². The zero-order valence-electron chi connectivity index (χ0n) is 11.6. The summed E-state index contributed by atoms with van der Waals surface area (Å²) >= 11 is 0. The summed E-state index contributed by atoms with van der Waals surface area (Å²) in [5, 5.41) is 5.79. The van der Waals surface area contributed by atoms with E-state index >= 15 is 0 Å². The summed E-state index contributed by atoms with van der Waals surface area (Å²) in [4.78, 5) is 23.8. The lowest BCUT2D eigenvalue weighted by Gasteiger charge is -2.05. The lowest BCUT2D eigenvalue weighted by molar-refractivity contribution is 0.102. The zero-order chi connectivity index (χ0) is 14.7. The first-order chi connectivity index (χ1) is 10.3. The molecule has 6 nitrogen and oxygen atoms in total. The van der Waals surface area contributed by atoms with Crippen LogP contribution in [0.25, 0.3) is 11.0 Å². The van der Waals surface area contributed by atoms with Gasteiger partial charge < -0.3 is 10.3 Å². The number of anilines is 2. The molecule has 2 aromatic heterocycles. The summed E-state index contributed by atoms with van der Waals surface area (Å²) < 4.78 is 0. The van der Waals surface area contributed by atoms with Gasteiger partial charge in [-0.3, -0.25) is 10.1 Å². The van der Waals surface area contributed by atoms with E-state index in [1.807, 2.05) is 37.3 Å². The van der Waals surface area contributed by atoms with Gasteiger partial charge >= 0.3 is 0 Å². The first-order valence-electron chi connectivity index (χ1n) is 6.73. The van der Waals surface area contributed by atoms with Crippen molar-refractivity contribution >= 4 is 28.7 Å². The monoisotopic (exact) mass is 281 g/mol. The Hall–Kier alpha value is -2.89. The number of para-hydroxylation sites is 2. The Kier molecular flexibility index (Phi) is 3.51. The maximum absolute atomic E-state index is 12.2. The van der Waals surface area contributed by atoms with E-state index in [2.05, 4.69) is 25.6 Å². The Morgan fingerprint density at radius 2 is 2.00 bits per heavy atom. The minimum atomic E-state index is -0.297. The summed E-state index contributed by atoms with van der Waals surface area (Å²) in [6.07, 6.45) is 0. The second kappa shape index (κ2) is 5.62. The lowest BCUT2D eigenvalue weighted by atomic mass is 10.3. The summed E-state index contributed by atoms with van der Waals surface area (Å²) in [6, 6.07) is 12.9. The number of nitrogens with zero attached hydrogens (tertiary/aromatic N) is 2. The van der Waals surface area contributed by atoms with E-state index in [0.29, 0.717) is 17.5 Å². The Balaban J connectivity index is 1.80. The number of rotatable bonds is 4. The quantitative estimate of drug-likeness (QED) is 0.686. The van der Waals surface area contributed by atoms with Gasteiger partial charge in [-0.05, 0) is 31.2 Å². The fourth-order valence-corrected chi connectivity index (χ4v) is 2.02. The van der Waals surface area contributed by atoms with Crippen molar-refractivity contribution < 1.29 is 4.79 Å². The number of benzene rings is 1. The van der Waals surface area contributed by atoms with Crippen LogP contribution in [0.2, 0.25) is 0 Å². The molecule has 0 fully saturated rings. The van der Waals surface area contributed by atoms with Crippen molar-refractivity contribution in [2.45, 2.75) is 6.92 Å². The smallest absolute Gasteiger partial charge is 0.276 e. The van der Waals surface area contributed by atoms with Gasteiger partial charge in [0.2, 0.25) is 5.95 Å². The summed E-state index contributed by atoms with van der Waals surface area (Å²) in [5.41, 5.74) is 2.03. The van der Waals surface area contributed by atoms with Crippen molar-refractivity contribution in [3.8, 4) is 0 Å². The van der Waals surface area contributed by atoms with Crippen molar-refractivity contribution in [1.82, 2.24) is 15.0 Å². The molecule has 0 spiro atoms. The molecule has 0 saturated heterocycles. The van der Waals surface area contributed by atoms with E-state index in [-0.39, 0.29) is 5.91 Å². The Bertz CT molecular complexity index is 747. The third kappa shape index (κ3) is 2.84. The summed E-state index contributed by atoms with van der Waals surface area (Å²) in [7, 11) is 0. The van der Waals surface area contributed by atoms with Crippen molar-refractivity contribution in [3.63, 3.8) is 0 Å². The van der Waals surface area contributed by atoms with E-state index in [0.717, 1.165) is 17.6 Å². The molecule has 1 amide bonds. The Morgan fingerprint density at radius 3 is 2.81 bits per heavy atom. The molecule has 0 saturated carbocycles. The molecule has 21 heavy (non-hydrogen) atoms. The number of fused-ring (bicyclic) bond motifs is 1. The second-order valence-corrected chi connectivity index (χ2v) is 4.50. The SMILES string of the molecule is CCNc1cccc(C(=O)Nc2nc3ccccc3[nH]2)n1. The Morgan fingerprint density at radius 1 is 1.14 bits per heavy atom. The molecule has 2 heterocycles. The van der Waals surface area contributed by atoms with Crippen LogP contribution >= 0.6 is 0 Å². The molecule has 0 aliphatic heterocycles. The average molecular weight is 281 g/mol. The standard InChI is InChI=1S/C15H15N5O/c1-2-16-13-9-5-8-12(17-13)14(21)20-15-18-10-6-3-4-7-11(10)19-15/h3-9H,2H2,1H3,(H,16,17)(H2,18,19,20,21). The molecule has 0 aliphatic rings. The van der Waals surface area contributed by atoms with Crippen LogP contribution in [0.3, 0.4) is 0 Å². The normalized spacial score (nSPS) is 10.5. The number of carbonyl (C=O) groups excluding carboxylic acids is 1. The number of carbonyl (C=O) groups is 1. The molecule has 0 atom stereocenters. The largest absolute Gasteiger partial charge is 0.370 e. The minimum Gasteiger partial charge on any atom is -0.370 e. The van der Waals surface area contributed by atoms with Crippen molar-refractivity contribution in [1.29, 1.82) is 0 Å². The summed E-state index contributed by atoms with van der Waals surface area (Å²) in [6.45, 7) is 2.73. The van der Waals surface area contributed by atoms with E-state index in [1.54, 1.807) is 12.1 Å². The van der Waals surface area contributed by atoms with Gasteiger partial charge in [-0.2, -0.15) is 0 Å². The number of amides is 1. The average Bonchev–Trinajstić information content (AvgIpc) is 2.90. The van der Waals surface area contributed by atoms with Crippen LogP contribution in [0, 0.1) is 0 Å². The lowest BCUT2D eigenvalue weighted by Crippen LogP contribution is -2.15. The molecule has 3 N–H and O–H groups in total. The van der Waals surface area contributed by atoms with Crippen LogP contribution in [0.15, 0.2) is 42.5 Å². The fourth-order valence-electron chi connectivity index (χ4n) is 2.02. The first-order valence-corrected chi connectivity index (χ1v) is 6.73. The molecule has 6 heteroatoms. The minimum absolute atomic E-state index is 0.297. The van der Waals surface area contributed by atoms with E-state index in [4.69, 9.17) is 0 Å². The number of hydrogen-bond acceptors (Lipinski definition) is 4. The molecule has 1 aromatic carbocycles. The highest BCUT2D eigenvalue weighted by Crippen LogP contribution is 2.14. The van der Waals surface area contributed by atoms with E-state index in [9.17, 15) is 4.79 Å². The zero-order valence-corrected chi connectivity index (χ0v) is 11.6. The van der Waals surface area contributed by atoms with E-state index < -0.39 is 0 Å². The Labute approximate surface area is 121 Å². The van der Waals surface area contributed by atoms with Gasteiger partial charge in [0.1, 0.15) is 11.5 Å². The number of H-pyrrole nitrogens is 1. The highest BCUT2D eigenvalue weighted by Gasteiger charge is 2.10. The molecule has 106 valence electrons. The predicted octanol–water partition coefficient (Wildman–Crippen LogP) is 2.64. The fraction of sp³-hybridized carbons (Fsp3) is 0.133. The number of nitrogens with one attached hydrogen (secondary N) is 3. The van der Waals surface area contributed by atoms with Gasteiger partial charge in [0.25, 0.3) is 5.91 Å². The summed E-state index contributed by atoms with van der Waals surface area (Å²) in [5.74, 6) is 0.792. The van der Waals surface area contributed by atoms with Crippen LogP contribution in [0.5, 0.6) is 0 Å². The van der Waals surface area contributed by atoms with Crippen LogP contribution in [0.1, 0.15) is 17.4 Å². The maximum Gasteiger partial charge on any atom is 0.276 e. The molecular formula is C15H15N5O. The van der Waals surface area contributed by atoms with Crippen molar-refractivity contribution in [2.24, 2.45) is 0 Å². The van der Waals surface area contributed by atoms with Gasteiger partial charge in [-0.15, -0.1) is 0 Å². The third-order valence-electron chi connectivity index (χ3n) is 2.96. The number of aromatic nitrogens is 3. The van der Waals surface area contributed by atoms with Gasteiger partial charge in [-0.1, -0.05) is 18.2 Å². The number of pyridine rings is 1. The van der Waals surface area contributed by atoms with E-state index in [1.165, 1.54) is 0 Å². The second-order valence-electron chi connectivity index (χ2n) is 4.50. The highest BCUT2D eigenvalue weighted by atomic mass is 16.2. The highest BCUT2D eigenvalue weighted by molar-refractivity contribution is 6.02. The van der Waals surface area contributed by atoms with Gasteiger partial charge in [-0.25, -0.2) is 9.97 Å². The molecule has 0 unspecified atom stereocenters. The molecule has 0 aliphatic carbocycles. The number of hydrogen-bond donors (Lipinski definition) is 3. The number of aromatic amines is 1. The first kappa shape index (κ1) is 13.1. The van der Waals surface area contributed by atoms with Crippen LogP contribution in [0.4, 0.5) is 11.8 Å². The molecule has 0 bridgehead atoms. The molecular weight excluding hydrogens is 266 g/mol. The van der Waals surface area contributed by atoms with Gasteiger partial charge in [0, 0.05) is 6.54 Å². The van der Waals surface area contributed by atoms with Crippen LogP contribution in [-0.4, -0.2) is 27.4 Å². The van der Waals surface area contributed by atoms with Crippen molar-refractivity contribution in [2.75, 3.05) is 17.2 Å². The predicted molar refractivity (Wildman–Crippen MR) is 82.4 cm³/mol. The molecule has 3 aromatic rings. The molecule has 0 radical (unpaired) electrons. The van der Waals surface area contributed by atoms with Crippen LogP contribution in [-0.2, 0) is 0 Å². The van der Waals surface area contributed by atoms with Crippen molar-refractivity contribution in [3.05, 3.63) is 48.2 Å². The van der Waals surface area contributed by atoms with Gasteiger partial charge in [0.05, 0.1) is 11.0 Å². The number of imidazole rings is 1. The maximum atomic E-state index is 12.2. The molecule has 3 rings (SSSR count).